The van der Waals surface area contributed by atoms with Crippen molar-refractivity contribution in [2.75, 3.05) is 0 Å². The van der Waals surface area contributed by atoms with Gasteiger partial charge in [-0.25, -0.2) is 24.2 Å². The Morgan fingerprint density at radius 3 is 0.826 bits per heavy atom. The fourth-order valence-corrected chi connectivity index (χ4v) is 36.6. The molecule has 21 aromatic carbocycles. The van der Waals surface area contributed by atoms with Gasteiger partial charge in [0, 0.05) is 43.7 Å². The Hall–Kier alpha value is -19.4. The highest BCUT2D eigenvalue weighted by Crippen LogP contribution is 2.43. The Balaban J connectivity index is 0.000000123. The Morgan fingerprint density at radius 2 is 0.493 bits per heavy atom. The summed E-state index contributed by atoms with van der Waals surface area (Å²) >= 11 is 0. The second-order valence-corrected chi connectivity index (χ2v) is 47.1. The van der Waals surface area contributed by atoms with Crippen molar-refractivity contribution in [3.63, 3.8) is 0 Å². The van der Waals surface area contributed by atoms with Crippen LogP contribution in [-0.4, -0.2) is 37.9 Å². The van der Waals surface area contributed by atoms with Crippen molar-refractivity contribution in [2.24, 2.45) is 0 Å². The van der Waals surface area contributed by atoms with Gasteiger partial charge < -0.3 is 13.7 Å². The van der Waals surface area contributed by atoms with E-state index in [1.165, 1.54) is 68.2 Å². The van der Waals surface area contributed by atoms with E-state index in [9.17, 15) is 5.26 Å². The van der Waals surface area contributed by atoms with Crippen LogP contribution in [0.3, 0.4) is 0 Å². The summed E-state index contributed by atoms with van der Waals surface area (Å²) in [4.78, 5) is 20.1. The van der Waals surface area contributed by atoms with Crippen molar-refractivity contribution >= 4 is 180 Å². The third kappa shape index (κ3) is 15.7. The molecule has 0 fully saturated rings. The minimum atomic E-state index is -3.00. The second kappa shape index (κ2) is 39.2. The molecule has 0 radical (unpaired) electrons. The van der Waals surface area contributed by atoms with Crippen molar-refractivity contribution in [2.45, 2.75) is 0 Å². The van der Waals surface area contributed by atoms with E-state index in [2.05, 4.69) is 511 Å². The molecule has 144 heavy (non-hydrogen) atoms. The van der Waals surface area contributed by atoms with Gasteiger partial charge in [-0.05, 0) is 175 Å². The summed E-state index contributed by atoms with van der Waals surface area (Å²) in [6.45, 7) is 41.2. The van der Waals surface area contributed by atoms with Gasteiger partial charge in [-0.1, -0.05) is 448 Å². The minimum absolute atomic E-state index is 0.510. The predicted octanol–water partition coefficient (Wildman–Crippen LogP) is 26.1. The highest BCUT2D eigenvalue weighted by atomic mass is 28.3. The molecule has 0 unspecified atom stereocenters. The number of benzene rings is 21. The first kappa shape index (κ1) is 89.8. The average molecular weight is 1880 g/mol. The summed E-state index contributed by atoms with van der Waals surface area (Å²) in [5.74, 6) is 0. The number of rotatable bonds is 18. The molecule has 0 aliphatic carbocycles. The lowest BCUT2D eigenvalue weighted by molar-refractivity contribution is 1.18. The number of nitriles is 1. The highest BCUT2D eigenvalue weighted by molar-refractivity contribution is 7.21. The lowest BCUT2D eigenvalue weighted by Gasteiger charge is -2.36. The molecule has 24 rings (SSSR count). The molecule has 9 nitrogen and oxygen atoms in total. The van der Waals surface area contributed by atoms with Crippen molar-refractivity contribution in [3.05, 3.63) is 590 Å². The van der Waals surface area contributed by atoms with Gasteiger partial charge in [0.05, 0.1) is 83.3 Å². The van der Waals surface area contributed by atoms with Crippen LogP contribution in [0, 0.1) is 44.2 Å². The maximum Gasteiger partial charge on any atom is 0.211 e. The topological polar surface area (TPSA) is 60.4 Å². The zero-order valence-electron chi connectivity index (χ0n) is 78.3. The van der Waals surface area contributed by atoms with Crippen LogP contribution in [0.5, 0.6) is 0 Å². The summed E-state index contributed by atoms with van der Waals surface area (Å²) in [5, 5.41) is 32.2. The molecule has 0 spiro atoms. The number of para-hydroxylation sites is 6. The van der Waals surface area contributed by atoms with Crippen molar-refractivity contribution in [1.82, 2.24) is 13.7 Å². The Kier molecular flexibility index (Phi) is 24.5. The summed E-state index contributed by atoms with van der Waals surface area (Å²) < 4.78 is 6.67. The molecule has 3 heterocycles. The molecule has 0 saturated carbocycles. The summed E-state index contributed by atoms with van der Waals surface area (Å²) in [6, 6.07) is 186. The van der Waals surface area contributed by atoms with E-state index in [4.69, 9.17) is 32.9 Å². The molecular weight excluding hydrogens is 1800 g/mol. The number of hydrogen-bond donors (Lipinski definition) is 0. The molecular formula is C132H87N9Si3. The van der Waals surface area contributed by atoms with Crippen molar-refractivity contribution < 1.29 is 0 Å². The standard InChI is InChI=1S/3C44H29N3Si/c1-45-32-26-28-40(37-29-27-33(31-41(37)46-2)47-42-24-14-12-22-38(42)39-23-13-15-25-43(39)47)44(30-32)48(34-16-6-3-7-17-34,35-18-8-4-9-19-35)36-20-10-5-11-21-36;1-45-34-28-33(32-26-27-44(41(30-32)46-2)47-42-24-14-12-22-39(42)40-23-13-15-25-43(40)47)29-38(31-34)48(35-16-6-3-7-17-35,36-18-8-4-9-19-36)37-20-10-5-11-21-37;1-46-42-30-33(47-43-23-13-11-21-40(43)41-22-12-14-24-44(41)47)25-27-39(42)38-28-26-37(29-32(38)31-45)48(34-15-5-2-6-16-34,35-17-7-3-8-18-35)36-19-9-4-10-20-36/h2*3-31H;2-30H. The Morgan fingerprint density at radius 1 is 0.194 bits per heavy atom. The summed E-state index contributed by atoms with van der Waals surface area (Å²) in [6.07, 6.45) is 0. The van der Waals surface area contributed by atoms with Crippen LogP contribution in [-0.2, 0) is 0 Å². The number of fused-ring (bicyclic) bond motifs is 9. The third-order valence-corrected chi connectivity index (χ3v) is 42.5. The van der Waals surface area contributed by atoms with E-state index in [-0.39, 0.29) is 0 Å². The zero-order valence-corrected chi connectivity index (χ0v) is 81.3. The van der Waals surface area contributed by atoms with Gasteiger partial charge in [0.15, 0.2) is 47.0 Å². The molecule has 0 saturated heterocycles. The number of hydrogen-bond acceptors (Lipinski definition) is 1. The first-order chi connectivity index (χ1) is 71.2. The molecule has 0 atom stereocenters. The molecule has 24 aromatic rings. The predicted molar refractivity (Wildman–Crippen MR) is 606 cm³/mol. The molecule has 0 amide bonds. The smallest absolute Gasteiger partial charge is 0.211 e. The van der Waals surface area contributed by atoms with E-state index in [1.54, 1.807) is 0 Å². The van der Waals surface area contributed by atoms with Crippen LogP contribution in [0.2, 0.25) is 0 Å². The van der Waals surface area contributed by atoms with E-state index >= 15 is 0 Å². The first-order valence-corrected chi connectivity index (χ1v) is 53.8. The second-order valence-electron chi connectivity index (χ2n) is 35.7. The van der Waals surface area contributed by atoms with Gasteiger partial charge >= 0.3 is 0 Å². The summed E-state index contributed by atoms with van der Waals surface area (Å²) in [7, 11) is -8.66. The fraction of sp³-hybridized carbons (Fsp3) is 0. The number of aromatic nitrogens is 3. The van der Waals surface area contributed by atoms with E-state index in [1.807, 2.05) is 60.7 Å². The minimum Gasteiger partial charge on any atom is -0.319 e. The fourth-order valence-electron chi connectivity index (χ4n) is 22.0. The molecule has 672 valence electrons. The van der Waals surface area contributed by atoms with Crippen molar-refractivity contribution in [1.29, 1.82) is 5.26 Å². The highest BCUT2D eigenvalue weighted by Gasteiger charge is 2.46. The van der Waals surface area contributed by atoms with E-state index in [0.29, 0.717) is 34.0 Å². The lowest BCUT2D eigenvalue weighted by atomic mass is 9.98. The van der Waals surface area contributed by atoms with Gasteiger partial charge in [0.25, 0.3) is 0 Å². The lowest BCUT2D eigenvalue weighted by Crippen LogP contribution is -2.75. The van der Waals surface area contributed by atoms with Crippen LogP contribution in [0.25, 0.3) is 140 Å². The SMILES string of the molecule is [C-]#[N+]c1cc(-c2ccc(-n3c4ccccc4c4ccccc43)c([N+]#[C-])c2)cc([Si](c2ccccc2)(c2ccccc2)c2ccccc2)c1.[C-]#[N+]c1cc(-n2c3ccccc3c3ccccc32)ccc1-c1ccc([Si](c2ccccc2)(c2ccccc2)c2ccccc2)cc1C#N.[C-]#[N+]c1ccc(-c2ccc(-n3c4ccccc4c4ccccc43)cc2[N+]#[C-])c([Si](c2ccccc2)(c2ccccc2)c2ccccc2)c1. The molecule has 0 aliphatic heterocycles. The number of nitrogens with zero attached hydrogens (tertiary/aromatic N) is 9. The normalized spacial score (nSPS) is 11.3. The maximum atomic E-state index is 10.7. The third-order valence-electron chi connectivity index (χ3n) is 28.2. The van der Waals surface area contributed by atoms with Gasteiger partial charge in [-0.15, -0.1) is 0 Å². The van der Waals surface area contributed by atoms with E-state index in [0.717, 1.165) is 110 Å². The molecule has 0 bridgehead atoms. The van der Waals surface area contributed by atoms with Gasteiger partial charge in [-0.3, -0.25) is 0 Å². The van der Waals surface area contributed by atoms with Crippen molar-refractivity contribution in [3.8, 4) is 56.5 Å². The van der Waals surface area contributed by atoms with Crippen LogP contribution < -0.4 is 62.2 Å². The van der Waals surface area contributed by atoms with E-state index < -0.39 is 24.2 Å². The van der Waals surface area contributed by atoms with Crippen LogP contribution in [0.15, 0.2) is 528 Å². The largest absolute Gasteiger partial charge is 0.319 e. The van der Waals surface area contributed by atoms with Gasteiger partial charge in [0.2, 0.25) is 5.69 Å². The monoisotopic (exact) mass is 1880 g/mol. The Labute approximate surface area is 839 Å². The Bertz CT molecular complexity index is 8820. The maximum absolute atomic E-state index is 10.7. The average Bonchev–Trinajstić information content (AvgIpc) is 1.09. The van der Waals surface area contributed by atoms with Gasteiger partial charge in [-0.2, -0.15) is 5.26 Å². The van der Waals surface area contributed by atoms with Crippen LogP contribution >= 0.6 is 0 Å². The molecule has 12 heteroatoms. The molecule has 3 aromatic heterocycles. The van der Waals surface area contributed by atoms with Crippen LogP contribution in [0.1, 0.15) is 5.56 Å². The molecule has 0 aliphatic rings. The molecule has 0 N–H and O–H groups in total. The zero-order chi connectivity index (χ0) is 97.5. The van der Waals surface area contributed by atoms with Gasteiger partial charge in [0.1, 0.15) is 0 Å². The quantitative estimate of drug-likeness (QED) is 0.0480. The van der Waals surface area contributed by atoms with Crippen LogP contribution in [0.4, 0.5) is 28.4 Å². The summed E-state index contributed by atoms with van der Waals surface area (Å²) in [5.41, 5.74) is 17.8. The first-order valence-electron chi connectivity index (χ1n) is 47.8.